The third-order valence-corrected chi connectivity index (χ3v) is 1.56. The second kappa shape index (κ2) is 4.70. The fourth-order valence-corrected chi connectivity index (χ4v) is 0.852. The molecule has 0 spiro atoms. The maximum Gasteiger partial charge on any atom is 0.400 e. The van der Waals surface area contributed by atoms with Crippen LogP contribution in [-0.4, -0.2) is 12.4 Å². The van der Waals surface area contributed by atoms with Gasteiger partial charge in [0.2, 0.25) is 0 Å². The maximum atomic E-state index is 11.9. The fraction of sp³-hybridized carbons (Fsp3) is 0.750. The lowest BCUT2D eigenvalue weighted by Gasteiger charge is -2.21. The normalized spacial score (nSPS) is 14.3. The molecule has 0 saturated heterocycles. The van der Waals surface area contributed by atoms with Crippen molar-refractivity contribution < 1.29 is 26.3 Å². The summed E-state index contributed by atoms with van der Waals surface area (Å²) in [6.45, 7) is 1.63. The van der Waals surface area contributed by atoms with Gasteiger partial charge in [0.05, 0.1) is 0 Å². The molecule has 0 aromatic carbocycles. The zero-order valence-electron chi connectivity index (χ0n) is 7.41. The van der Waals surface area contributed by atoms with Crippen molar-refractivity contribution in [2.75, 3.05) is 0 Å². The van der Waals surface area contributed by atoms with Gasteiger partial charge in [-0.1, -0.05) is 19.1 Å². The van der Waals surface area contributed by atoms with Gasteiger partial charge in [0.25, 0.3) is 0 Å². The standard InChI is InChI=1S/C8H10F6/c1-2-3-4-5-6(7(9,10)11)8(12,13)14/h3-4,6H,2,5H2,1H3. The highest BCUT2D eigenvalue weighted by Gasteiger charge is 2.55. The van der Waals surface area contributed by atoms with Crippen LogP contribution < -0.4 is 0 Å². The molecule has 0 heterocycles. The van der Waals surface area contributed by atoms with E-state index in [0.717, 1.165) is 6.08 Å². The fourth-order valence-electron chi connectivity index (χ4n) is 0.852. The average molecular weight is 220 g/mol. The van der Waals surface area contributed by atoms with Gasteiger partial charge in [0, 0.05) is 0 Å². The van der Waals surface area contributed by atoms with Crippen molar-refractivity contribution in [2.24, 2.45) is 5.92 Å². The van der Waals surface area contributed by atoms with Crippen LogP contribution in [0.1, 0.15) is 19.8 Å². The van der Waals surface area contributed by atoms with Gasteiger partial charge in [-0.25, -0.2) is 0 Å². The van der Waals surface area contributed by atoms with Crippen LogP contribution in [-0.2, 0) is 0 Å². The quantitative estimate of drug-likeness (QED) is 0.496. The highest BCUT2D eigenvalue weighted by atomic mass is 19.4. The van der Waals surface area contributed by atoms with Gasteiger partial charge in [-0.3, -0.25) is 0 Å². The lowest BCUT2D eigenvalue weighted by molar-refractivity contribution is -0.282. The third-order valence-electron chi connectivity index (χ3n) is 1.56. The Balaban J connectivity index is 4.51. The highest BCUT2D eigenvalue weighted by molar-refractivity contribution is 4.88. The molecule has 0 N–H and O–H groups in total. The molecule has 0 bridgehead atoms. The molecule has 6 heteroatoms. The van der Waals surface area contributed by atoms with E-state index >= 15 is 0 Å². The molecular weight excluding hydrogens is 210 g/mol. The molecule has 0 fully saturated rings. The average Bonchev–Trinajstić information content (AvgIpc) is 1.92. The van der Waals surface area contributed by atoms with Crippen LogP contribution in [0.3, 0.4) is 0 Å². The molecule has 84 valence electrons. The van der Waals surface area contributed by atoms with E-state index in [9.17, 15) is 26.3 Å². The Morgan fingerprint density at radius 1 is 0.929 bits per heavy atom. The first-order valence-corrected chi connectivity index (χ1v) is 3.98. The van der Waals surface area contributed by atoms with E-state index in [-0.39, 0.29) is 0 Å². The Hall–Kier alpha value is -0.680. The third kappa shape index (κ3) is 4.53. The van der Waals surface area contributed by atoms with Gasteiger partial charge in [0.1, 0.15) is 0 Å². The van der Waals surface area contributed by atoms with Gasteiger partial charge in [0.15, 0.2) is 5.92 Å². The zero-order chi connectivity index (χ0) is 11.4. The summed E-state index contributed by atoms with van der Waals surface area (Å²) in [6, 6.07) is 0. The Morgan fingerprint density at radius 2 is 1.36 bits per heavy atom. The molecule has 0 aromatic rings. The van der Waals surface area contributed by atoms with Gasteiger partial charge in [-0.15, -0.1) is 0 Å². The van der Waals surface area contributed by atoms with E-state index < -0.39 is 24.7 Å². The van der Waals surface area contributed by atoms with E-state index in [1.165, 1.54) is 6.08 Å². The summed E-state index contributed by atoms with van der Waals surface area (Å²) in [5.74, 6) is -3.25. The van der Waals surface area contributed by atoms with Gasteiger partial charge in [-0.05, 0) is 12.8 Å². The highest BCUT2D eigenvalue weighted by Crippen LogP contribution is 2.41. The Bertz CT molecular complexity index is 173. The molecule has 0 aliphatic heterocycles. The summed E-state index contributed by atoms with van der Waals surface area (Å²) in [4.78, 5) is 0. The van der Waals surface area contributed by atoms with Crippen LogP contribution in [0.15, 0.2) is 12.2 Å². The van der Waals surface area contributed by atoms with Crippen LogP contribution in [0.5, 0.6) is 0 Å². The summed E-state index contributed by atoms with van der Waals surface area (Å²) in [6.07, 6.45) is -8.88. The molecule has 0 atom stereocenters. The minimum Gasteiger partial charge on any atom is -0.170 e. The van der Waals surface area contributed by atoms with E-state index in [4.69, 9.17) is 0 Å². The Kier molecular flexibility index (Phi) is 4.48. The monoisotopic (exact) mass is 220 g/mol. The predicted molar refractivity (Wildman–Crippen MR) is 39.6 cm³/mol. The van der Waals surface area contributed by atoms with E-state index in [1.807, 2.05) is 0 Å². The van der Waals surface area contributed by atoms with Gasteiger partial charge < -0.3 is 0 Å². The topological polar surface area (TPSA) is 0 Å². The number of allylic oxidation sites excluding steroid dienone is 2. The van der Waals surface area contributed by atoms with Crippen LogP contribution in [0.2, 0.25) is 0 Å². The van der Waals surface area contributed by atoms with Crippen LogP contribution in [0, 0.1) is 5.92 Å². The molecule has 0 unspecified atom stereocenters. The molecule has 0 saturated carbocycles. The van der Waals surface area contributed by atoms with Crippen LogP contribution in [0.4, 0.5) is 26.3 Å². The van der Waals surface area contributed by atoms with Crippen molar-refractivity contribution in [3.05, 3.63) is 12.2 Å². The van der Waals surface area contributed by atoms with Crippen molar-refractivity contribution in [3.63, 3.8) is 0 Å². The van der Waals surface area contributed by atoms with Crippen LogP contribution in [0.25, 0.3) is 0 Å². The molecule has 0 rings (SSSR count). The van der Waals surface area contributed by atoms with Crippen molar-refractivity contribution in [3.8, 4) is 0 Å². The molecule has 0 aromatic heterocycles. The first kappa shape index (κ1) is 13.3. The van der Waals surface area contributed by atoms with E-state index in [1.54, 1.807) is 6.92 Å². The second-order valence-corrected chi connectivity index (χ2v) is 2.75. The van der Waals surface area contributed by atoms with Crippen molar-refractivity contribution in [1.29, 1.82) is 0 Å². The summed E-state index contributed by atoms with van der Waals surface area (Å²) < 4.78 is 71.3. The summed E-state index contributed by atoms with van der Waals surface area (Å²) in [5, 5.41) is 0. The van der Waals surface area contributed by atoms with E-state index in [0.29, 0.717) is 6.42 Å². The molecule has 0 aliphatic rings. The predicted octanol–water partition coefficient (Wildman–Crippen LogP) is 4.08. The van der Waals surface area contributed by atoms with Crippen molar-refractivity contribution in [2.45, 2.75) is 32.1 Å². The number of halogens is 6. The minimum absolute atomic E-state index is 0.419. The lowest BCUT2D eigenvalue weighted by atomic mass is 10.0. The second-order valence-electron chi connectivity index (χ2n) is 2.75. The number of hydrogen-bond donors (Lipinski definition) is 0. The van der Waals surface area contributed by atoms with Crippen molar-refractivity contribution in [1.82, 2.24) is 0 Å². The zero-order valence-corrected chi connectivity index (χ0v) is 7.41. The smallest absolute Gasteiger partial charge is 0.170 e. The first-order chi connectivity index (χ1) is 6.19. The maximum absolute atomic E-state index is 11.9. The number of hydrogen-bond acceptors (Lipinski definition) is 0. The minimum atomic E-state index is -5.23. The molecule has 14 heavy (non-hydrogen) atoms. The van der Waals surface area contributed by atoms with Gasteiger partial charge in [-0.2, -0.15) is 26.3 Å². The molecule has 0 nitrogen and oxygen atoms in total. The summed E-state index contributed by atoms with van der Waals surface area (Å²) in [7, 11) is 0. The molecule has 0 amide bonds. The van der Waals surface area contributed by atoms with Gasteiger partial charge >= 0.3 is 12.4 Å². The first-order valence-electron chi connectivity index (χ1n) is 3.98. The van der Waals surface area contributed by atoms with Crippen LogP contribution >= 0.6 is 0 Å². The Labute approximate surface area is 77.6 Å². The summed E-state index contributed by atoms with van der Waals surface area (Å²) in [5.41, 5.74) is 0. The van der Waals surface area contributed by atoms with E-state index in [2.05, 4.69) is 0 Å². The SMILES string of the molecule is CCC=CCC(C(F)(F)F)C(F)(F)F. The molecule has 0 radical (unpaired) electrons. The molecular formula is C8H10F6. The largest absolute Gasteiger partial charge is 0.400 e. The van der Waals surface area contributed by atoms with Crippen molar-refractivity contribution >= 4 is 0 Å². The summed E-state index contributed by atoms with van der Waals surface area (Å²) >= 11 is 0. The number of rotatable bonds is 3. The Morgan fingerprint density at radius 3 is 1.64 bits per heavy atom. The number of alkyl halides is 6. The molecule has 0 aliphatic carbocycles. The lowest BCUT2D eigenvalue weighted by Crippen LogP contribution is -2.35.